The molecule has 2 rings (SSSR count). The molecule has 0 aliphatic carbocycles. The molecule has 1 heterocycles. The molecule has 2 N–H and O–H groups in total. The Kier molecular flexibility index (Phi) is 4.16. The summed E-state index contributed by atoms with van der Waals surface area (Å²) < 4.78 is 5.68. The Labute approximate surface area is 111 Å². The molecular weight excluding hydrogens is 246 g/mol. The normalized spacial score (nSPS) is 18.3. The van der Waals surface area contributed by atoms with Gasteiger partial charge in [-0.25, -0.2) is 4.79 Å². The number of ketones is 1. The lowest BCUT2D eigenvalue weighted by Crippen LogP contribution is -2.28. The van der Waals surface area contributed by atoms with Crippen LogP contribution in [0.4, 0.5) is 4.79 Å². The number of nitrogens with one attached hydrogen (secondary N) is 1. The van der Waals surface area contributed by atoms with Crippen LogP contribution in [0.3, 0.4) is 0 Å². The second-order valence-electron chi connectivity index (χ2n) is 4.58. The first-order valence-corrected chi connectivity index (χ1v) is 6.30. The molecule has 0 aromatic heterocycles. The maximum atomic E-state index is 11.7. The number of ether oxygens (including phenoxy) is 1. The molecule has 19 heavy (non-hydrogen) atoms. The fourth-order valence-corrected chi connectivity index (χ4v) is 2.43. The lowest BCUT2D eigenvalue weighted by atomic mass is 9.93. The fraction of sp³-hybridized carbons (Fsp3) is 0.429. The molecule has 0 saturated heterocycles. The molecule has 1 aliphatic rings. The van der Waals surface area contributed by atoms with Gasteiger partial charge in [0.1, 0.15) is 6.10 Å². The van der Waals surface area contributed by atoms with Crippen LogP contribution in [-0.2, 0) is 11.2 Å². The van der Waals surface area contributed by atoms with E-state index in [9.17, 15) is 9.59 Å². The summed E-state index contributed by atoms with van der Waals surface area (Å²) >= 11 is 0. The third-order valence-corrected chi connectivity index (χ3v) is 3.27. The SMILES string of the molecule is CC(=O)c1cccc2c1CCCOC2CNC(=O)O. The van der Waals surface area contributed by atoms with Gasteiger partial charge in [0.2, 0.25) is 0 Å². The van der Waals surface area contributed by atoms with Crippen molar-refractivity contribution in [1.82, 2.24) is 5.32 Å². The monoisotopic (exact) mass is 263 g/mol. The highest BCUT2D eigenvalue weighted by Gasteiger charge is 2.22. The van der Waals surface area contributed by atoms with Gasteiger partial charge >= 0.3 is 6.09 Å². The average Bonchev–Trinajstić information content (AvgIpc) is 2.57. The molecule has 0 spiro atoms. The maximum Gasteiger partial charge on any atom is 0.404 e. The zero-order valence-electron chi connectivity index (χ0n) is 10.8. The molecular formula is C14H17NO4. The molecule has 0 fully saturated rings. The Morgan fingerprint density at radius 2 is 2.26 bits per heavy atom. The molecule has 5 nitrogen and oxygen atoms in total. The lowest BCUT2D eigenvalue weighted by Gasteiger charge is -2.19. The second-order valence-corrected chi connectivity index (χ2v) is 4.58. The van der Waals surface area contributed by atoms with E-state index in [1.807, 2.05) is 18.2 Å². The van der Waals surface area contributed by atoms with Crippen LogP contribution in [-0.4, -0.2) is 30.1 Å². The van der Waals surface area contributed by atoms with Crippen LogP contribution in [0.2, 0.25) is 0 Å². The molecule has 0 saturated carbocycles. The van der Waals surface area contributed by atoms with E-state index >= 15 is 0 Å². The lowest BCUT2D eigenvalue weighted by molar-refractivity contribution is 0.0563. The summed E-state index contributed by atoms with van der Waals surface area (Å²) in [6.07, 6.45) is 0.222. The number of hydrogen-bond acceptors (Lipinski definition) is 3. The van der Waals surface area contributed by atoms with Crippen LogP contribution >= 0.6 is 0 Å². The van der Waals surface area contributed by atoms with Crippen LogP contribution in [0.15, 0.2) is 18.2 Å². The van der Waals surface area contributed by atoms with Crippen LogP contribution in [0, 0.1) is 0 Å². The van der Waals surface area contributed by atoms with E-state index in [1.54, 1.807) is 6.92 Å². The van der Waals surface area contributed by atoms with E-state index in [4.69, 9.17) is 9.84 Å². The predicted molar refractivity (Wildman–Crippen MR) is 69.5 cm³/mol. The van der Waals surface area contributed by atoms with E-state index in [2.05, 4.69) is 5.32 Å². The summed E-state index contributed by atoms with van der Waals surface area (Å²) in [6.45, 7) is 2.31. The van der Waals surface area contributed by atoms with Gasteiger partial charge in [0.05, 0.1) is 6.54 Å². The Morgan fingerprint density at radius 3 is 2.95 bits per heavy atom. The van der Waals surface area contributed by atoms with E-state index in [0.717, 1.165) is 24.0 Å². The highest BCUT2D eigenvalue weighted by molar-refractivity contribution is 5.96. The van der Waals surface area contributed by atoms with Crippen molar-refractivity contribution in [2.24, 2.45) is 0 Å². The van der Waals surface area contributed by atoms with Gasteiger partial charge in [-0.15, -0.1) is 0 Å². The Bertz CT molecular complexity index is 498. The zero-order chi connectivity index (χ0) is 13.8. The summed E-state index contributed by atoms with van der Waals surface area (Å²) in [4.78, 5) is 22.2. The summed E-state index contributed by atoms with van der Waals surface area (Å²) in [5.41, 5.74) is 2.62. The number of benzene rings is 1. The maximum absolute atomic E-state index is 11.7. The minimum absolute atomic E-state index is 0.0312. The number of carboxylic acid groups (broad SMARTS) is 1. The first kappa shape index (κ1) is 13.5. The van der Waals surface area contributed by atoms with Gasteiger partial charge < -0.3 is 15.2 Å². The first-order valence-electron chi connectivity index (χ1n) is 6.30. The number of carbonyl (C=O) groups excluding carboxylic acids is 1. The van der Waals surface area contributed by atoms with Crippen LogP contribution in [0.1, 0.15) is 40.9 Å². The standard InChI is InChI=1S/C14H17NO4/c1-9(16)10-4-2-5-12-11(10)6-3-7-19-13(12)8-15-14(17)18/h2,4-5,13,15H,3,6-8H2,1H3,(H,17,18). The number of amides is 1. The van der Waals surface area contributed by atoms with Gasteiger partial charge in [0.15, 0.2) is 5.78 Å². The van der Waals surface area contributed by atoms with E-state index in [-0.39, 0.29) is 18.4 Å². The average molecular weight is 263 g/mol. The van der Waals surface area contributed by atoms with E-state index < -0.39 is 6.09 Å². The molecule has 102 valence electrons. The minimum Gasteiger partial charge on any atom is -0.465 e. The van der Waals surface area contributed by atoms with Crippen molar-refractivity contribution in [2.45, 2.75) is 25.9 Å². The smallest absolute Gasteiger partial charge is 0.404 e. The highest BCUT2D eigenvalue weighted by atomic mass is 16.5. The predicted octanol–water partition coefficient (Wildman–Crippen LogP) is 2.16. The van der Waals surface area contributed by atoms with Crippen molar-refractivity contribution in [2.75, 3.05) is 13.2 Å². The molecule has 5 heteroatoms. The van der Waals surface area contributed by atoms with Crippen molar-refractivity contribution in [3.05, 3.63) is 34.9 Å². The summed E-state index contributed by atoms with van der Waals surface area (Å²) in [5, 5.41) is 11.0. The molecule has 0 bridgehead atoms. The fourth-order valence-electron chi connectivity index (χ4n) is 2.43. The van der Waals surface area contributed by atoms with Gasteiger partial charge in [0.25, 0.3) is 0 Å². The van der Waals surface area contributed by atoms with Crippen LogP contribution < -0.4 is 5.32 Å². The number of carbonyl (C=O) groups is 2. The van der Waals surface area contributed by atoms with Crippen molar-refractivity contribution in [3.63, 3.8) is 0 Å². The molecule has 1 amide bonds. The third kappa shape index (κ3) is 3.12. The number of rotatable bonds is 3. The quantitative estimate of drug-likeness (QED) is 0.819. The van der Waals surface area contributed by atoms with Gasteiger partial charge in [-0.05, 0) is 30.9 Å². The summed E-state index contributed by atoms with van der Waals surface area (Å²) in [7, 11) is 0. The van der Waals surface area contributed by atoms with Crippen LogP contribution in [0.25, 0.3) is 0 Å². The van der Waals surface area contributed by atoms with Gasteiger partial charge in [-0.2, -0.15) is 0 Å². The van der Waals surface area contributed by atoms with Crippen molar-refractivity contribution < 1.29 is 19.4 Å². The molecule has 1 aromatic carbocycles. The summed E-state index contributed by atoms with van der Waals surface area (Å²) in [5.74, 6) is 0.0312. The van der Waals surface area contributed by atoms with Gasteiger partial charge in [0, 0.05) is 12.2 Å². The Balaban J connectivity index is 2.34. The molecule has 1 atom stereocenters. The largest absolute Gasteiger partial charge is 0.465 e. The highest BCUT2D eigenvalue weighted by Crippen LogP contribution is 2.28. The third-order valence-electron chi connectivity index (χ3n) is 3.27. The van der Waals surface area contributed by atoms with E-state index in [1.165, 1.54) is 0 Å². The Morgan fingerprint density at radius 1 is 1.47 bits per heavy atom. The summed E-state index contributed by atoms with van der Waals surface area (Å²) in [6, 6.07) is 5.54. The topological polar surface area (TPSA) is 75.6 Å². The van der Waals surface area contributed by atoms with E-state index in [0.29, 0.717) is 12.2 Å². The second kappa shape index (κ2) is 5.84. The number of fused-ring (bicyclic) bond motifs is 1. The van der Waals surface area contributed by atoms with Gasteiger partial charge in [-0.1, -0.05) is 18.2 Å². The van der Waals surface area contributed by atoms with Crippen molar-refractivity contribution in [3.8, 4) is 0 Å². The molecule has 1 unspecified atom stereocenters. The Hall–Kier alpha value is -1.88. The molecule has 1 aromatic rings. The van der Waals surface area contributed by atoms with Crippen LogP contribution in [0.5, 0.6) is 0 Å². The van der Waals surface area contributed by atoms with Gasteiger partial charge in [-0.3, -0.25) is 4.79 Å². The number of Topliss-reactive ketones (excluding diaryl/α,β-unsaturated/α-hetero) is 1. The molecule has 0 radical (unpaired) electrons. The minimum atomic E-state index is -1.07. The first-order chi connectivity index (χ1) is 9.09. The van der Waals surface area contributed by atoms with Crippen molar-refractivity contribution >= 4 is 11.9 Å². The number of hydrogen-bond donors (Lipinski definition) is 2. The zero-order valence-corrected chi connectivity index (χ0v) is 10.8. The molecule has 1 aliphatic heterocycles. The van der Waals surface area contributed by atoms with Crippen molar-refractivity contribution in [1.29, 1.82) is 0 Å².